The Labute approximate surface area is 113 Å². The molecule has 0 aliphatic heterocycles. The van der Waals surface area contributed by atoms with Crippen molar-refractivity contribution < 1.29 is 17.7 Å². The van der Waals surface area contributed by atoms with E-state index >= 15 is 0 Å². The number of alkyl halides is 4. The Morgan fingerprint density at radius 2 is 1.94 bits per heavy atom. The fraction of sp³-hybridized carbons (Fsp3) is 0.500. The Balaban J connectivity index is 2.57. The molecule has 0 fully saturated rings. The summed E-state index contributed by atoms with van der Waals surface area (Å²) in [4.78, 5) is 0. The van der Waals surface area contributed by atoms with Crippen LogP contribution in [0.2, 0.25) is 0 Å². The van der Waals surface area contributed by atoms with Crippen molar-refractivity contribution in [1.82, 2.24) is 0 Å². The maximum Gasteiger partial charge on any atom is 0.416 e. The van der Waals surface area contributed by atoms with Crippen LogP contribution in [0.25, 0.3) is 0 Å². The molecule has 1 rings (SSSR count). The third-order valence-corrected chi connectivity index (χ3v) is 4.00. The van der Waals surface area contributed by atoms with E-state index in [0.29, 0.717) is 17.2 Å². The third-order valence-electron chi connectivity index (χ3n) is 2.34. The van der Waals surface area contributed by atoms with Crippen molar-refractivity contribution in [3.8, 4) is 0 Å². The molecule has 0 saturated heterocycles. The minimum Gasteiger partial charge on any atom is -0.616 e. The second-order valence-electron chi connectivity index (χ2n) is 3.88. The zero-order valence-electron chi connectivity index (χ0n) is 9.67. The van der Waals surface area contributed by atoms with Crippen LogP contribution in [0.15, 0.2) is 24.3 Å². The summed E-state index contributed by atoms with van der Waals surface area (Å²) in [5.41, 5.74) is -0.244. The van der Waals surface area contributed by atoms with E-state index in [9.17, 15) is 17.7 Å². The maximum absolute atomic E-state index is 12.5. The second-order valence-corrected chi connectivity index (χ2v) is 5.84. The zero-order valence-corrected chi connectivity index (χ0v) is 11.2. The molecule has 1 aromatic carbocycles. The van der Waals surface area contributed by atoms with Gasteiger partial charge in [-0.3, -0.25) is 0 Å². The zero-order chi connectivity index (χ0) is 13.6. The Morgan fingerprint density at radius 1 is 1.22 bits per heavy atom. The van der Waals surface area contributed by atoms with Crippen LogP contribution in [0.3, 0.4) is 0 Å². The molecule has 0 bridgehead atoms. The minimum atomic E-state index is -4.35. The summed E-state index contributed by atoms with van der Waals surface area (Å²) in [5.74, 6) is 1.15. The highest BCUT2D eigenvalue weighted by molar-refractivity contribution is 7.90. The first kappa shape index (κ1) is 15.7. The van der Waals surface area contributed by atoms with E-state index in [1.54, 1.807) is 6.07 Å². The van der Waals surface area contributed by atoms with Crippen LogP contribution in [0, 0.1) is 0 Å². The molecular formula is C12H14ClF3OS. The number of benzene rings is 1. The molecule has 1 atom stereocenters. The van der Waals surface area contributed by atoms with Crippen molar-refractivity contribution in [2.24, 2.45) is 0 Å². The maximum atomic E-state index is 12.5. The van der Waals surface area contributed by atoms with Crippen molar-refractivity contribution in [2.75, 3.05) is 11.6 Å². The summed E-state index contributed by atoms with van der Waals surface area (Å²) in [5, 5.41) is 0. The van der Waals surface area contributed by atoms with E-state index < -0.39 is 22.9 Å². The summed E-state index contributed by atoms with van der Waals surface area (Å²) >= 11 is 4.36. The Bertz CT molecular complexity index is 371. The van der Waals surface area contributed by atoms with Crippen LogP contribution in [0.5, 0.6) is 0 Å². The van der Waals surface area contributed by atoms with Gasteiger partial charge in [0.15, 0.2) is 0 Å². The summed E-state index contributed by atoms with van der Waals surface area (Å²) in [6.45, 7) is 0. The molecule has 0 spiro atoms. The van der Waals surface area contributed by atoms with Crippen LogP contribution in [-0.4, -0.2) is 16.2 Å². The lowest BCUT2D eigenvalue weighted by atomic mass is 10.1. The van der Waals surface area contributed by atoms with E-state index in [1.807, 2.05) is 0 Å². The van der Waals surface area contributed by atoms with Gasteiger partial charge in [0.05, 0.1) is 5.56 Å². The van der Waals surface area contributed by atoms with Gasteiger partial charge in [-0.1, -0.05) is 12.1 Å². The minimum absolute atomic E-state index is 0.159. The predicted octanol–water partition coefficient (Wildman–Crippen LogP) is 3.97. The molecule has 0 heterocycles. The van der Waals surface area contributed by atoms with Crippen LogP contribution < -0.4 is 0 Å². The fourth-order valence-corrected chi connectivity index (χ4v) is 2.86. The van der Waals surface area contributed by atoms with E-state index in [1.165, 1.54) is 6.07 Å². The molecular weight excluding hydrogens is 285 g/mol. The largest absolute Gasteiger partial charge is 0.616 e. The molecule has 0 aliphatic carbocycles. The summed E-state index contributed by atoms with van der Waals surface area (Å²) in [7, 11) is 0. The Hall–Kier alpha value is -0.390. The van der Waals surface area contributed by atoms with Gasteiger partial charge in [-0.15, -0.1) is 11.6 Å². The molecule has 0 saturated carbocycles. The van der Waals surface area contributed by atoms with Crippen LogP contribution >= 0.6 is 11.6 Å². The van der Waals surface area contributed by atoms with E-state index in [0.717, 1.165) is 25.0 Å². The average molecular weight is 299 g/mol. The van der Waals surface area contributed by atoms with Gasteiger partial charge in [0.1, 0.15) is 11.5 Å². The molecule has 6 heteroatoms. The van der Waals surface area contributed by atoms with Crippen LogP contribution in [0.4, 0.5) is 13.2 Å². The highest BCUT2D eigenvalue weighted by atomic mass is 35.5. The normalized spacial score (nSPS) is 13.6. The molecule has 1 nitrogen and oxygen atoms in total. The topological polar surface area (TPSA) is 23.1 Å². The average Bonchev–Trinajstić information content (AvgIpc) is 2.28. The number of hydrogen-bond donors (Lipinski definition) is 0. The number of rotatable bonds is 6. The molecule has 18 heavy (non-hydrogen) atoms. The first-order valence-electron chi connectivity index (χ1n) is 5.50. The lowest BCUT2D eigenvalue weighted by molar-refractivity contribution is -0.137. The molecule has 0 radical (unpaired) electrons. The smallest absolute Gasteiger partial charge is 0.416 e. The third kappa shape index (κ3) is 5.50. The molecule has 0 aromatic heterocycles. The molecule has 1 unspecified atom stereocenters. The van der Waals surface area contributed by atoms with E-state index in [2.05, 4.69) is 0 Å². The Morgan fingerprint density at radius 3 is 2.56 bits per heavy atom. The van der Waals surface area contributed by atoms with Gasteiger partial charge in [-0.25, -0.2) is 0 Å². The molecule has 0 N–H and O–H groups in total. The molecule has 0 amide bonds. The van der Waals surface area contributed by atoms with Crippen molar-refractivity contribution >= 4 is 22.8 Å². The monoisotopic (exact) mass is 298 g/mol. The van der Waals surface area contributed by atoms with Gasteiger partial charge < -0.3 is 4.55 Å². The molecule has 0 aliphatic rings. The van der Waals surface area contributed by atoms with Gasteiger partial charge in [0, 0.05) is 11.4 Å². The molecule has 1 aromatic rings. The first-order chi connectivity index (χ1) is 8.43. The summed E-state index contributed by atoms with van der Waals surface area (Å²) < 4.78 is 49.0. The number of hydrogen-bond acceptors (Lipinski definition) is 1. The second kappa shape index (κ2) is 7.26. The standard InChI is InChI=1S/C12H14ClF3OS/c13-6-1-2-7-18(17)9-10-4-3-5-11(8-10)12(14,15)16/h3-5,8H,1-2,6-7,9H2. The van der Waals surface area contributed by atoms with E-state index in [4.69, 9.17) is 11.6 Å². The van der Waals surface area contributed by atoms with Gasteiger partial charge in [0.2, 0.25) is 0 Å². The quantitative estimate of drug-likeness (QED) is 0.443. The number of unbranched alkanes of at least 4 members (excludes halogenated alkanes) is 1. The summed E-state index contributed by atoms with van der Waals surface area (Å²) in [6, 6.07) is 4.97. The SMILES string of the molecule is [O-][S+](CCCCCl)Cc1cccc(C(F)(F)F)c1. The van der Waals surface area contributed by atoms with Crippen molar-refractivity contribution in [2.45, 2.75) is 24.8 Å². The lowest BCUT2D eigenvalue weighted by Crippen LogP contribution is -2.11. The van der Waals surface area contributed by atoms with Gasteiger partial charge in [-0.05, 0) is 36.2 Å². The number of halogens is 4. The van der Waals surface area contributed by atoms with Gasteiger partial charge >= 0.3 is 6.18 Å². The Kier molecular flexibility index (Phi) is 6.32. The van der Waals surface area contributed by atoms with Gasteiger partial charge in [0.25, 0.3) is 0 Å². The highest BCUT2D eigenvalue weighted by Crippen LogP contribution is 2.29. The van der Waals surface area contributed by atoms with Crippen molar-refractivity contribution in [3.63, 3.8) is 0 Å². The predicted molar refractivity (Wildman–Crippen MR) is 68.1 cm³/mol. The first-order valence-corrected chi connectivity index (χ1v) is 7.53. The highest BCUT2D eigenvalue weighted by Gasteiger charge is 2.30. The van der Waals surface area contributed by atoms with E-state index in [-0.39, 0.29) is 5.75 Å². The van der Waals surface area contributed by atoms with Crippen molar-refractivity contribution in [3.05, 3.63) is 35.4 Å². The van der Waals surface area contributed by atoms with Crippen molar-refractivity contribution in [1.29, 1.82) is 0 Å². The molecule has 102 valence electrons. The fourth-order valence-electron chi connectivity index (χ4n) is 1.45. The summed E-state index contributed by atoms with van der Waals surface area (Å²) in [6.07, 6.45) is -2.85. The lowest BCUT2D eigenvalue weighted by Gasteiger charge is -2.12. The van der Waals surface area contributed by atoms with Gasteiger partial charge in [-0.2, -0.15) is 13.2 Å². The van der Waals surface area contributed by atoms with Crippen LogP contribution in [-0.2, 0) is 23.1 Å². The van der Waals surface area contributed by atoms with Crippen LogP contribution in [0.1, 0.15) is 24.0 Å².